The first-order chi connectivity index (χ1) is 13.6. The van der Waals surface area contributed by atoms with E-state index in [1.54, 1.807) is 19.2 Å². The molecular formula is C21H24Cl3NO3. The fourth-order valence-electron chi connectivity index (χ4n) is 3.25. The Balaban J connectivity index is 1.62. The summed E-state index contributed by atoms with van der Waals surface area (Å²) < 4.78 is 16.8. The van der Waals surface area contributed by atoms with Crippen LogP contribution in [0.15, 0.2) is 30.3 Å². The molecule has 4 nitrogen and oxygen atoms in total. The SMILES string of the molecule is COc1ccc(CCCN2CCOCC2)cc1COc1c(Cl)cc(Cl)cc1Cl. The molecule has 2 aromatic rings. The molecule has 2 aromatic carbocycles. The topological polar surface area (TPSA) is 30.9 Å². The fourth-order valence-corrected chi connectivity index (χ4v) is 4.17. The number of rotatable bonds is 8. The Morgan fingerprint density at radius 2 is 1.75 bits per heavy atom. The van der Waals surface area contributed by atoms with Crippen molar-refractivity contribution in [1.29, 1.82) is 0 Å². The highest BCUT2D eigenvalue weighted by molar-refractivity contribution is 6.40. The number of morpholine rings is 1. The van der Waals surface area contributed by atoms with Crippen molar-refractivity contribution in [1.82, 2.24) is 4.90 Å². The first-order valence-corrected chi connectivity index (χ1v) is 10.4. The molecule has 0 N–H and O–H groups in total. The monoisotopic (exact) mass is 443 g/mol. The van der Waals surface area contributed by atoms with E-state index in [1.165, 1.54) is 5.56 Å². The zero-order valence-corrected chi connectivity index (χ0v) is 18.1. The van der Waals surface area contributed by atoms with Gasteiger partial charge in [0.05, 0.1) is 30.4 Å². The van der Waals surface area contributed by atoms with Crippen LogP contribution in [0.5, 0.6) is 11.5 Å². The van der Waals surface area contributed by atoms with Crippen molar-refractivity contribution in [3.63, 3.8) is 0 Å². The lowest BCUT2D eigenvalue weighted by molar-refractivity contribution is 0.0374. The maximum atomic E-state index is 6.21. The predicted octanol–water partition coefficient (Wildman–Crippen LogP) is 5.50. The first kappa shape index (κ1) is 21.5. The van der Waals surface area contributed by atoms with Gasteiger partial charge < -0.3 is 14.2 Å². The van der Waals surface area contributed by atoms with Gasteiger partial charge in [0.25, 0.3) is 0 Å². The molecule has 1 aliphatic heterocycles. The third kappa shape index (κ3) is 5.91. The van der Waals surface area contributed by atoms with Crippen LogP contribution in [0.1, 0.15) is 17.5 Å². The van der Waals surface area contributed by atoms with Crippen molar-refractivity contribution in [2.45, 2.75) is 19.4 Å². The van der Waals surface area contributed by atoms with E-state index >= 15 is 0 Å². The van der Waals surface area contributed by atoms with Gasteiger partial charge in [-0.25, -0.2) is 0 Å². The molecule has 0 spiro atoms. The Morgan fingerprint density at radius 1 is 1.04 bits per heavy atom. The van der Waals surface area contributed by atoms with Crippen LogP contribution in [0.2, 0.25) is 15.1 Å². The minimum absolute atomic E-state index is 0.307. The summed E-state index contributed by atoms with van der Waals surface area (Å²) in [5, 5.41) is 1.25. The summed E-state index contributed by atoms with van der Waals surface area (Å²) in [6.45, 7) is 5.09. The predicted molar refractivity (Wildman–Crippen MR) is 114 cm³/mol. The van der Waals surface area contributed by atoms with E-state index in [-0.39, 0.29) is 0 Å². The van der Waals surface area contributed by atoms with Crippen molar-refractivity contribution in [3.8, 4) is 11.5 Å². The van der Waals surface area contributed by atoms with Crippen LogP contribution in [0.3, 0.4) is 0 Å². The summed E-state index contributed by atoms with van der Waals surface area (Å²) in [6.07, 6.45) is 2.10. The van der Waals surface area contributed by atoms with Crippen LogP contribution in [0, 0.1) is 0 Å². The second-order valence-electron chi connectivity index (χ2n) is 6.69. The van der Waals surface area contributed by atoms with E-state index in [9.17, 15) is 0 Å². The highest BCUT2D eigenvalue weighted by Gasteiger charge is 2.13. The number of hydrogen-bond donors (Lipinski definition) is 0. The number of hydrogen-bond acceptors (Lipinski definition) is 4. The van der Waals surface area contributed by atoms with Gasteiger partial charge in [0.2, 0.25) is 0 Å². The molecule has 1 fully saturated rings. The molecule has 1 saturated heterocycles. The first-order valence-electron chi connectivity index (χ1n) is 9.30. The Hall–Kier alpha value is -1.17. The summed E-state index contributed by atoms with van der Waals surface area (Å²) in [4.78, 5) is 2.45. The van der Waals surface area contributed by atoms with Crippen LogP contribution in [-0.4, -0.2) is 44.9 Å². The Morgan fingerprint density at radius 3 is 2.43 bits per heavy atom. The molecule has 28 heavy (non-hydrogen) atoms. The summed E-state index contributed by atoms with van der Waals surface area (Å²) in [5.74, 6) is 1.20. The number of halogens is 3. The molecule has 152 valence electrons. The van der Waals surface area contributed by atoms with E-state index < -0.39 is 0 Å². The minimum Gasteiger partial charge on any atom is -0.496 e. The normalized spacial score (nSPS) is 14.9. The number of benzene rings is 2. The van der Waals surface area contributed by atoms with E-state index in [4.69, 9.17) is 49.0 Å². The highest BCUT2D eigenvalue weighted by Crippen LogP contribution is 2.36. The molecule has 1 aliphatic rings. The number of methoxy groups -OCH3 is 1. The molecule has 7 heteroatoms. The molecule has 0 atom stereocenters. The Bertz CT molecular complexity index is 771. The zero-order valence-electron chi connectivity index (χ0n) is 15.8. The number of ether oxygens (including phenoxy) is 3. The summed E-state index contributed by atoms with van der Waals surface area (Å²) >= 11 is 18.4. The van der Waals surface area contributed by atoms with Crippen molar-refractivity contribution in [2.75, 3.05) is 40.0 Å². The summed E-state index contributed by atoms with van der Waals surface area (Å²) in [7, 11) is 1.65. The molecular weight excluding hydrogens is 421 g/mol. The van der Waals surface area contributed by atoms with Crippen molar-refractivity contribution >= 4 is 34.8 Å². The lowest BCUT2D eigenvalue weighted by Gasteiger charge is -2.26. The van der Waals surface area contributed by atoms with Gasteiger partial charge in [-0.05, 0) is 49.2 Å². The average molecular weight is 445 g/mol. The summed E-state index contributed by atoms with van der Waals surface area (Å²) in [5.41, 5.74) is 2.20. The molecule has 0 aromatic heterocycles. The largest absolute Gasteiger partial charge is 0.496 e. The maximum Gasteiger partial charge on any atom is 0.157 e. The lowest BCUT2D eigenvalue weighted by Crippen LogP contribution is -2.36. The van der Waals surface area contributed by atoms with Gasteiger partial charge in [-0.3, -0.25) is 4.90 Å². The van der Waals surface area contributed by atoms with Gasteiger partial charge in [0, 0.05) is 23.7 Å². The molecule has 0 amide bonds. The number of nitrogens with zero attached hydrogens (tertiary/aromatic N) is 1. The van der Waals surface area contributed by atoms with Crippen LogP contribution < -0.4 is 9.47 Å². The van der Waals surface area contributed by atoms with E-state index in [1.807, 2.05) is 6.07 Å². The molecule has 0 unspecified atom stereocenters. The van der Waals surface area contributed by atoms with Gasteiger partial charge in [-0.2, -0.15) is 0 Å². The quantitative estimate of drug-likeness (QED) is 0.538. The highest BCUT2D eigenvalue weighted by atomic mass is 35.5. The van der Waals surface area contributed by atoms with Gasteiger partial charge >= 0.3 is 0 Å². The second kappa shape index (κ2) is 10.6. The fraction of sp³-hybridized carbons (Fsp3) is 0.429. The van der Waals surface area contributed by atoms with Crippen molar-refractivity contribution in [2.24, 2.45) is 0 Å². The van der Waals surface area contributed by atoms with E-state index in [0.29, 0.717) is 27.4 Å². The zero-order chi connectivity index (χ0) is 19.9. The van der Waals surface area contributed by atoms with E-state index in [2.05, 4.69) is 17.0 Å². The van der Waals surface area contributed by atoms with Gasteiger partial charge in [-0.15, -0.1) is 0 Å². The molecule has 1 heterocycles. The molecule has 0 bridgehead atoms. The summed E-state index contributed by atoms with van der Waals surface area (Å²) in [6, 6.07) is 9.43. The van der Waals surface area contributed by atoms with Crippen LogP contribution in [0.4, 0.5) is 0 Å². The smallest absolute Gasteiger partial charge is 0.157 e. The van der Waals surface area contributed by atoms with Crippen LogP contribution in [0.25, 0.3) is 0 Å². The maximum absolute atomic E-state index is 6.21. The van der Waals surface area contributed by atoms with Crippen molar-refractivity contribution in [3.05, 3.63) is 56.5 Å². The standard InChI is InChI=1S/C21H24Cl3NO3/c1-26-20-5-4-15(3-2-6-25-7-9-27-10-8-25)11-16(20)14-28-21-18(23)12-17(22)13-19(21)24/h4-5,11-13H,2-3,6-10,14H2,1H3. The van der Waals surface area contributed by atoms with Gasteiger partial charge in [-0.1, -0.05) is 40.9 Å². The van der Waals surface area contributed by atoms with Gasteiger partial charge in [0.1, 0.15) is 12.4 Å². The lowest BCUT2D eigenvalue weighted by atomic mass is 10.1. The Labute approximate surface area is 181 Å². The molecule has 0 radical (unpaired) electrons. The molecule has 0 saturated carbocycles. The third-order valence-corrected chi connectivity index (χ3v) is 5.50. The van der Waals surface area contributed by atoms with Crippen molar-refractivity contribution < 1.29 is 14.2 Å². The minimum atomic E-state index is 0.307. The van der Waals surface area contributed by atoms with E-state index in [0.717, 1.165) is 57.0 Å². The average Bonchev–Trinajstić information content (AvgIpc) is 2.68. The van der Waals surface area contributed by atoms with Crippen LogP contribution in [-0.2, 0) is 17.8 Å². The third-order valence-electron chi connectivity index (χ3n) is 4.72. The number of aryl methyl sites for hydroxylation is 1. The molecule has 0 aliphatic carbocycles. The van der Waals surface area contributed by atoms with Crippen LogP contribution >= 0.6 is 34.8 Å². The Kier molecular flexibility index (Phi) is 8.12. The van der Waals surface area contributed by atoms with Gasteiger partial charge in [0.15, 0.2) is 5.75 Å². The second-order valence-corrected chi connectivity index (χ2v) is 7.94. The molecule has 3 rings (SSSR count).